The zero-order chi connectivity index (χ0) is 18.0. The molecule has 0 atom stereocenters. The molecule has 0 radical (unpaired) electrons. The van der Waals surface area contributed by atoms with E-state index in [-0.39, 0.29) is 11.3 Å². The molecule has 0 fully saturated rings. The molecule has 3 aromatic rings. The van der Waals surface area contributed by atoms with Crippen molar-refractivity contribution in [3.63, 3.8) is 0 Å². The van der Waals surface area contributed by atoms with Gasteiger partial charge in [-0.05, 0) is 29.5 Å². The van der Waals surface area contributed by atoms with Crippen LogP contribution in [0.3, 0.4) is 0 Å². The molecular formula is C17H14N4O3S. The standard InChI is InChI=1S/C17H14N4O3S/c1-20-14(11-5-3-2-4-6-11)10-19-17(20)25-15-8-7-12(16(18)22)9-13(15)21(23)24/h2-10H,1H3,(H2,18,22). The van der Waals surface area contributed by atoms with Crippen LogP contribution in [-0.2, 0) is 7.05 Å². The van der Waals surface area contributed by atoms with E-state index in [0.717, 1.165) is 23.0 Å². The number of amides is 1. The van der Waals surface area contributed by atoms with Crippen LogP contribution >= 0.6 is 11.8 Å². The number of carbonyl (C=O) groups is 1. The molecule has 1 amide bonds. The highest BCUT2D eigenvalue weighted by molar-refractivity contribution is 7.99. The molecule has 1 heterocycles. The highest BCUT2D eigenvalue weighted by Crippen LogP contribution is 2.36. The molecular weight excluding hydrogens is 340 g/mol. The Morgan fingerprint density at radius 2 is 1.96 bits per heavy atom. The van der Waals surface area contributed by atoms with Crippen LogP contribution in [0.5, 0.6) is 0 Å². The molecule has 0 saturated carbocycles. The van der Waals surface area contributed by atoms with Gasteiger partial charge in [0, 0.05) is 18.7 Å². The van der Waals surface area contributed by atoms with Crippen molar-refractivity contribution in [1.82, 2.24) is 9.55 Å². The molecule has 3 rings (SSSR count). The molecule has 2 N–H and O–H groups in total. The van der Waals surface area contributed by atoms with E-state index in [4.69, 9.17) is 5.73 Å². The SMILES string of the molecule is Cn1c(-c2ccccc2)cnc1Sc1ccc(C(N)=O)cc1[N+](=O)[O-]. The van der Waals surface area contributed by atoms with Gasteiger partial charge in [-0.3, -0.25) is 14.9 Å². The summed E-state index contributed by atoms with van der Waals surface area (Å²) in [6.07, 6.45) is 1.72. The summed E-state index contributed by atoms with van der Waals surface area (Å²) in [5, 5.41) is 11.9. The van der Waals surface area contributed by atoms with Crippen LogP contribution in [0, 0.1) is 10.1 Å². The molecule has 126 valence electrons. The summed E-state index contributed by atoms with van der Waals surface area (Å²) < 4.78 is 1.87. The number of hydrogen-bond donors (Lipinski definition) is 1. The van der Waals surface area contributed by atoms with E-state index in [1.54, 1.807) is 6.20 Å². The lowest BCUT2D eigenvalue weighted by Gasteiger charge is -2.07. The van der Waals surface area contributed by atoms with Gasteiger partial charge in [0.05, 0.1) is 21.7 Å². The molecule has 0 spiro atoms. The molecule has 0 aliphatic carbocycles. The molecule has 7 nitrogen and oxygen atoms in total. The average Bonchev–Trinajstić information content (AvgIpc) is 2.96. The number of carbonyl (C=O) groups excluding carboxylic acids is 1. The van der Waals surface area contributed by atoms with E-state index in [9.17, 15) is 14.9 Å². The molecule has 0 saturated heterocycles. The highest BCUT2D eigenvalue weighted by atomic mass is 32.2. The number of hydrogen-bond acceptors (Lipinski definition) is 5. The van der Waals surface area contributed by atoms with Gasteiger partial charge in [0.2, 0.25) is 5.91 Å². The number of rotatable bonds is 5. The van der Waals surface area contributed by atoms with E-state index >= 15 is 0 Å². The van der Waals surface area contributed by atoms with Crippen molar-refractivity contribution in [1.29, 1.82) is 0 Å². The van der Waals surface area contributed by atoms with Gasteiger partial charge >= 0.3 is 0 Å². The van der Waals surface area contributed by atoms with E-state index in [1.807, 2.05) is 41.9 Å². The van der Waals surface area contributed by atoms with Crippen LogP contribution in [0.1, 0.15) is 10.4 Å². The summed E-state index contributed by atoms with van der Waals surface area (Å²) in [5.74, 6) is -0.706. The molecule has 1 aromatic heterocycles. The number of nitro benzene ring substituents is 1. The van der Waals surface area contributed by atoms with Gasteiger partial charge in [-0.2, -0.15) is 0 Å². The van der Waals surface area contributed by atoms with Gasteiger partial charge in [-0.25, -0.2) is 4.98 Å². The van der Waals surface area contributed by atoms with Crippen LogP contribution in [0.2, 0.25) is 0 Å². The Kier molecular flexibility index (Phi) is 4.53. The fraction of sp³-hybridized carbons (Fsp3) is 0.0588. The maximum atomic E-state index is 11.3. The summed E-state index contributed by atoms with van der Waals surface area (Å²) in [4.78, 5) is 26.8. The van der Waals surface area contributed by atoms with E-state index in [1.165, 1.54) is 18.2 Å². The van der Waals surface area contributed by atoms with Crippen molar-refractivity contribution in [2.24, 2.45) is 12.8 Å². The Balaban J connectivity index is 1.97. The number of aromatic nitrogens is 2. The van der Waals surface area contributed by atoms with Crippen LogP contribution < -0.4 is 5.73 Å². The topological polar surface area (TPSA) is 104 Å². The van der Waals surface area contributed by atoms with E-state index in [2.05, 4.69) is 4.98 Å². The smallest absolute Gasteiger partial charge is 0.284 e. The first kappa shape index (κ1) is 16.7. The number of imidazole rings is 1. The second-order valence-electron chi connectivity index (χ2n) is 5.26. The minimum absolute atomic E-state index is 0.0980. The normalized spacial score (nSPS) is 10.6. The second kappa shape index (κ2) is 6.78. The third-order valence-corrected chi connectivity index (χ3v) is 4.78. The maximum Gasteiger partial charge on any atom is 0.284 e. The van der Waals surface area contributed by atoms with E-state index in [0.29, 0.717) is 10.1 Å². The Morgan fingerprint density at radius 3 is 2.60 bits per heavy atom. The van der Waals surface area contributed by atoms with Gasteiger partial charge < -0.3 is 10.3 Å². The lowest BCUT2D eigenvalue weighted by atomic mass is 10.2. The van der Waals surface area contributed by atoms with Crippen molar-refractivity contribution >= 4 is 23.4 Å². The fourth-order valence-corrected chi connectivity index (χ4v) is 3.27. The summed E-state index contributed by atoms with van der Waals surface area (Å²) in [5.41, 5.74) is 7.02. The maximum absolute atomic E-state index is 11.3. The Hall–Kier alpha value is -3.13. The summed E-state index contributed by atoms with van der Waals surface area (Å²) >= 11 is 1.16. The van der Waals surface area contributed by atoms with Crippen molar-refractivity contribution in [3.05, 3.63) is 70.4 Å². The number of benzene rings is 2. The molecule has 0 aliphatic rings. The summed E-state index contributed by atoms with van der Waals surface area (Å²) in [7, 11) is 1.85. The molecule has 0 aliphatic heterocycles. The number of primary amides is 1. The number of nitro groups is 1. The van der Waals surface area contributed by atoms with Crippen LogP contribution in [0.15, 0.2) is 64.8 Å². The van der Waals surface area contributed by atoms with Gasteiger partial charge in [0.25, 0.3) is 5.69 Å². The van der Waals surface area contributed by atoms with Gasteiger partial charge in [-0.15, -0.1) is 0 Å². The van der Waals surface area contributed by atoms with Gasteiger partial charge in [0.1, 0.15) is 0 Å². The first-order chi connectivity index (χ1) is 12.0. The molecule has 0 bridgehead atoms. The minimum atomic E-state index is -0.706. The zero-order valence-electron chi connectivity index (χ0n) is 13.2. The predicted molar refractivity (Wildman–Crippen MR) is 94.4 cm³/mol. The van der Waals surface area contributed by atoms with Crippen molar-refractivity contribution in [3.8, 4) is 11.3 Å². The van der Waals surface area contributed by atoms with Crippen LogP contribution in [0.25, 0.3) is 11.3 Å². The molecule has 25 heavy (non-hydrogen) atoms. The third-order valence-electron chi connectivity index (χ3n) is 3.66. The van der Waals surface area contributed by atoms with Crippen molar-refractivity contribution in [2.45, 2.75) is 10.1 Å². The third kappa shape index (κ3) is 3.38. The lowest BCUT2D eigenvalue weighted by molar-refractivity contribution is -0.387. The van der Waals surface area contributed by atoms with Crippen LogP contribution in [0.4, 0.5) is 5.69 Å². The summed E-state index contributed by atoms with van der Waals surface area (Å²) in [6, 6.07) is 13.9. The first-order valence-corrected chi connectivity index (χ1v) is 8.12. The summed E-state index contributed by atoms with van der Waals surface area (Å²) in [6.45, 7) is 0. The molecule has 8 heteroatoms. The quantitative estimate of drug-likeness (QED) is 0.559. The Bertz CT molecular complexity index is 954. The molecule has 0 unspecified atom stereocenters. The lowest BCUT2D eigenvalue weighted by Crippen LogP contribution is -2.11. The number of nitrogens with zero attached hydrogens (tertiary/aromatic N) is 3. The second-order valence-corrected chi connectivity index (χ2v) is 6.27. The average molecular weight is 354 g/mol. The van der Waals surface area contributed by atoms with Gasteiger partial charge in [0.15, 0.2) is 5.16 Å². The minimum Gasteiger partial charge on any atom is -0.366 e. The number of nitrogens with two attached hydrogens (primary N) is 1. The Morgan fingerprint density at radius 1 is 1.24 bits per heavy atom. The van der Waals surface area contributed by atoms with Crippen molar-refractivity contribution < 1.29 is 9.72 Å². The monoisotopic (exact) mass is 354 g/mol. The first-order valence-electron chi connectivity index (χ1n) is 7.30. The van der Waals surface area contributed by atoms with Crippen LogP contribution in [-0.4, -0.2) is 20.4 Å². The zero-order valence-corrected chi connectivity index (χ0v) is 14.1. The Labute approximate surface area is 147 Å². The molecule has 2 aromatic carbocycles. The predicted octanol–water partition coefficient (Wildman–Crippen LogP) is 3.25. The largest absolute Gasteiger partial charge is 0.366 e. The van der Waals surface area contributed by atoms with Gasteiger partial charge in [-0.1, -0.05) is 30.3 Å². The fourth-order valence-electron chi connectivity index (χ4n) is 2.36. The van der Waals surface area contributed by atoms with Crippen molar-refractivity contribution in [2.75, 3.05) is 0 Å². The highest BCUT2D eigenvalue weighted by Gasteiger charge is 2.20. The van der Waals surface area contributed by atoms with E-state index < -0.39 is 10.8 Å².